The van der Waals surface area contributed by atoms with Crippen LogP contribution in [0.2, 0.25) is 0 Å². The maximum Gasteiger partial charge on any atom is 0.249 e. The molecule has 144 valence electrons. The largest absolute Gasteiger partial charge is 0.477 e. The molecule has 7 nitrogen and oxygen atoms in total. The first-order valence-electron chi connectivity index (χ1n) is 9.42. The Morgan fingerprint density at radius 2 is 1.97 bits per heavy atom. The monoisotopic (exact) mass is 385 g/mol. The van der Waals surface area contributed by atoms with Crippen molar-refractivity contribution < 1.29 is 9.53 Å². The Morgan fingerprint density at radius 1 is 1.10 bits per heavy atom. The lowest BCUT2D eigenvalue weighted by Crippen LogP contribution is -2.10. The van der Waals surface area contributed by atoms with Crippen LogP contribution < -0.4 is 15.8 Å². The summed E-state index contributed by atoms with van der Waals surface area (Å²) < 4.78 is 5.72. The third-order valence-corrected chi connectivity index (χ3v) is 5.09. The van der Waals surface area contributed by atoms with Gasteiger partial charge in [0.15, 0.2) is 5.82 Å². The van der Waals surface area contributed by atoms with E-state index >= 15 is 0 Å². The molecule has 0 unspecified atom stereocenters. The number of hydrogen-bond acceptors (Lipinski definition) is 5. The maximum atomic E-state index is 11.7. The lowest BCUT2D eigenvalue weighted by atomic mass is 10.1. The molecule has 1 amide bonds. The van der Waals surface area contributed by atoms with Gasteiger partial charge in [-0.25, -0.2) is 4.98 Å². The molecular weight excluding hydrogens is 366 g/mol. The third kappa shape index (κ3) is 3.06. The lowest BCUT2D eigenvalue weighted by Gasteiger charge is -2.11. The van der Waals surface area contributed by atoms with Crippen molar-refractivity contribution in [2.45, 2.75) is 13.0 Å². The van der Waals surface area contributed by atoms with E-state index in [0.717, 1.165) is 39.8 Å². The lowest BCUT2D eigenvalue weighted by molar-refractivity contribution is 0.100. The molecule has 2 aromatic heterocycles. The van der Waals surface area contributed by atoms with E-state index in [1.54, 1.807) is 18.3 Å². The number of nitrogens with zero attached hydrogens (tertiary/aromatic N) is 2. The number of primary amides is 1. The molecule has 1 aliphatic heterocycles. The summed E-state index contributed by atoms with van der Waals surface area (Å²) in [6.07, 6.45) is 2.53. The number of hydrogen-bond donors (Lipinski definition) is 3. The second-order valence-corrected chi connectivity index (χ2v) is 6.91. The fourth-order valence-electron chi connectivity index (χ4n) is 3.66. The predicted molar refractivity (Wildman–Crippen MR) is 111 cm³/mol. The number of aromatic nitrogens is 3. The van der Waals surface area contributed by atoms with E-state index in [1.165, 1.54) is 0 Å². The van der Waals surface area contributed by atoms with Gasteiger partial charge in [0.1, 0.15) is 5.82 Å². The highest BCUT2D eigenvalue weighted by atomic mass is 16.5. The van der Waals surface area contributed by atoms with Crippen molar-refractivity contribution >= 4 is 22.5 Å². The number of H-pyrrole nitrogens is 1. The Hall–Kier alpha value is -3.87. The predicted octanol–water partition coefficient (Wildman–Crippen LogP) is 3.27. The van der Waals surface area contributed by atoms with Crippen LogP contribution in [0.3, 0.4) is 0 Å². The van der Waals surface area contributed by atoms with E-state index in [0.29, 0.717) is 30.4 Å². The van der Waals surface area contributed by atoms with Crippen molar-refractivity contribution in [3.05, 3.63) is 71.4 Å². The topological polar surface area (TPSA) is 106 Å². The standard InChI is InChI=1S/C22H19N5O2/c23-19(28)15-8-4-7-14-17(15)12-24-18(14)21-26-20(16-9-10-29-22(16)27-21)25-11-13-5-2-1-3-6-13/h1-8,12,24H,9-11H2,(H2,23,28)(H,25,26,27). The fourth-order valence-corrected chi connectivity index (χ4v) is 3.66. The second kappa shape index (κ2) is 6.94. The van der Waals surface area contributed by atoms with Crippen molar-refractivity contribution in [1.82, 2.24) is 15.0 Å². The van der Waals surface area contributed by atoms with E-state index in [2.05, 4.69) is 27.4 Å². The summed E-state index contributed by atoms with van der Waals surface area (Å²) in [5.74, 6) is 1.40. The number of benzene rings is 2. The van der Waals surface area contributed by atoms with Gasteiger partial charge in [0, 0.05) is 35.5 Å². The molecule has 2 aromatic carbocycles. The van der Waals surface area contributed by atoms with Crippen LogP contribution in [0.5, 0.6) is 5.88 Å². The summed E-state index contributed by atoms with van der Waals surface area (Å²) in [7, 11) is 0. The van der Waals surface area contributed by atoms with Gasteiger partial charge in [-0.05, 0) is 11.6 Å². The highest BCUT2D eigenvalue weighted by Crippen LogP contribution is 2.34. The minimum atomic E-state index is -0.468. The molecule has 0 spiro atoms. The van der Waals surface area contributed by atoms with E-state index in [-0.39, 0.29) is 0 Å². The fraction of sp³-hybridized carbons (Fsp3) is 0.136. The Morgan fingerprint density at radius 3 is 2.79 bits per heavy atom. The molecule has 4 aromatic rings. The third-order valence-electron chi connectivity index (χ3n) is 5.09. The number of nitrogens with two attached hydrogens (primary N) is 1. The average Bonchev–Trinajstić information content (AvgIpc) is 3.39. The molecule has 7 heteroatoms. The van der Waals surface area contributed by atoms with Crippen LogP contribution >= 0.6 is 0 Å². The van der Waals surface area contributed by atoms with E-state index in [4.69, 9.17) is 15.5 Å². The molecule has 5 rings (SSSR count). The van der Waals surface area contributed by atoms with Crippen LogP contribution in [-0.2, 0) is 13.0 Å². The number of ether oxygens (including phenoxy) is 1. The van der Waals surface area contributed by atoms with Gasteiger partial charge in [0.25, 0.3) is 0 Å². The normalized spacial score (nSPS) is 12.6. The Labute approximate surface area is 166 Å². The molecule has 0 atom stereocenters. The number of anilines is 1. The van der Waals surface area contributed by atoms with Crippen molar-refractivity contribution in [3.8, 4) is 17.4 Å². The first-order chi connectivity index (χ1) is 14.2. The average molecular weight is 385 g/mol. The van der Waals surface area contributed by atoms with Crippen LogP contribution in [0.15, 0.2) is 54.7 Å². The van der Waals surface area contributed by atoms with Crippen LogP contribution in [0.1, 0.15) is 21.5 Å². The molecule has 0 bridgehead atoms. The van der Waals surface area contributed by atoms with Gasteiger partial charge >= 0.3 is 0 Å². The van der Waals surface area contributed by atoms with Crippen molar-refractivity contribution in [2.24, 2.45) is 5.73 Å². The summed E-state index contributed by atoms with van der Waals surface area (Å²) in [4.78, 5) is 24.3. The number of aromatic amines is 1. The number of carbonyl (C=O) groups is 1. The summed E-state index contributed by atoms with van der Waals surface area (Å²) in [6, 6.07) is 15.6. The van der Waals surface area contributed by atoms with E-state index in [9.17, 15) is 4.79 Å². The van der Waals surface area contributed by atoms with Crippen LogP contribution in [-0.4, -0.2) is 27.5 Å². The smallest absolute Gasteiger partial charge is 0.249 e. The molecule has 0 aliphatic carbocycles. The molecule has 0 radical (unpaired) electrons. The zero-order valence-electron chi connectivity index (χ0n) is 15.6. The molecule has 0 saturated heterocycles. The Balaban J connectivity index is 1.57. The van der Waals surface area contributed by atoms with Gasteiger partial charge in [-0.1, -0.05) is 42.5 Å². The molecule has 0 saturated carbocycles. The van der Waals surface area contributed by atoms with Crippen molar-refractivity contribution in [3.63, 3.8) is 0 Å². The first kappa shape index (κ1) is 17.2. The minimum absolute atomic E-state index is 0.463. The molecule has 3 heterocycles. The number of amides is 1. The number of carbonyl (C=O) groups excluding carboxylic acids is 1. The first-order valence-corrected chi connectivity index (χ1v) is 9.42. The van der Waals surface area contributed by atoms with Gasteiger partial charge in [-0.3, -0.25) is 4.79 Å². The van der Waals surface area contributed by atoms with Gasteiger partial charge < -0.3 is 20.8 Å². The van der Waals surface area contributed by atoms with Crippen molar-refractivity contribution in [2.75, 3.05) is 11.9 Å². The Bertz CT molecular complexity index is 1220. The molecule has 4 N–H and O–H groups in total. The zero-order valence-corrected chi connectivity index (χ0v) is 15.6. The molecule has 0 fully saturated rings. The SMILES string of the molecule is NC(=O)c1cccc2c(-c3nc(NCc4ccccc4)c4c(n3)OCC4)[nH]cc12. The summed E-state index contributed by atoms with van der Waals surface area (Å²) in [5, 5.41) is 5.01. The van der Waals surface area contributed by atoms with Crippen molar-refractivity contribution in [1.29, 1.82) is 0 Å². The van der Waals surface area contributed by atoms with Gasteiger partial charge in [-0.2, -0.15) is 4.98 Å². The number of fused-ring (bicyclic) bond motifs is 2. The van der Waals surface area contributed by atoms with Gasteiger partial charge in [0.05, 0.1) is 17.9 Å². The molecule has 29 heavy (non-hydrogen) atoms. The number of rotatable bonds is 5. The Kier molecular flexibility index (Phi) is 4.13. The molecular formula is C22H19N5O2. The number of nitrogens with one attached hydrogen (secondary N) is 2. The quantitative estimate of drug-likeness (QED) is 0.489. The van der Waals surface area contributed by atoms with Crippen LogP contribution in [0, 0.1) is 0 Å². The highest BCUT2D eigenvalue weighted by molar-refractivity contribution is 6.09. The second-order valence-electron chi connectivity index (χ2n) is 6.91. The maximum absolute atomic E-state index is 11.7. The van der Waals surface area contributed by atoms with Gasteiger partial charge in [-0.15, -0.1) is 0 Å². The van der Waals surface area contributed by atoms with Gasteiger partial charge in [0.2, 0.25) is 11.8 Å². The van der Waals surface area contributed by atoms with Crippen LogP contribution in [0.25, 0.3) is 22.3 Å². The molecule has 1 aliphatic rings. The zero-order chi connectivity index (χ0) is 19.8. The highest BCUT2D eigenvalue weighted by Gasteiger charge is 2.23. The van der Waals surface area contributed by atoms with E-state index < -0.39 is 5.91 Å². The summed E-state index contributed by atoms with van der Waals surface area (Å²) in [5.41, 5.74) is 8.84. The minimum Gasteiger partial charge on any atom is -0.477 e. The summed E-state index contributed by atoms with van der Waals surface area (Å²) >= 11 is 0. The summed E-state index contributed by atoms with van der Waals surface area (Å²) in [6.45, 7) is 1.24. The van der Waals surface area contributed by atoms with E-state index in [1.807, 2.05) is 24.3 Å². The van der Waals surface area contributed by atoms with Crippen LogP contribution in [0.4, 0.5) is 5.82 Å².